The first-order chi connectivity index (χ1) is 4.84. The minimum Gasteiger partial charge on any atom is -0.319 e. The van der Waals surface area contributed by atoms with Crippen LogP contribution in [0.15, 0.2) is 12.3 Å². The minimum atomic E-state index is 0.109. The van der Waals surface area contributed by atoms with E-state index < -0.39 is 0 Å². The number of rotatable bonds is 2. The summed E-state index contributed by atoms with van der Waals surface area (Å²) < 4.78 is 0. The second-order valence-corrected chi connectivity index (χ2v) is 2.17. The van der Waals surface area contributed by atoms with Crippen molar-refractivity contribution in [3.63, 3.8) is 0 Å². The van der Waals surface area contributed by atoms with Crippen LogP contribution < -0.4 is 0 Å². The van der Waals surface area contributed by atoms with Gasteiger partial charge >= 0.3 is 0 Å². The molecule has 0 N–H and O–H groups in total. The van der Waals surface area contributed by atoms with E-state index in [1.807, 2.05) is 0 Å². The Balaban J connectivity index is 2.47. The highest BCUT2D eigenvalue weighted by Crippen LogP contribution is 2.08. The first-order valence-electron chi connectivity index (χ1n) is 3.26. The average Bonchev–Trinajstić information content (AvgIpc) is 2.31. The summed E-state index contributed by atoms with van der Waals surface area (Å²) in [6.45, 7) is 0.753. The molecule has 1 rings (SSSR count). The second kappa shape index (κ2) is 3.15. The van der Waals surface area contributed by atoms with Crippen LogP contribution in [0.3, 0.4) is 0 Å². The van der Waals surface area contributed by atoms with Gasteiger partial charge in [0, 0.05) is 19.2 Å². The maximum atomic E-state index is 10.8. The van der Waals surface area contributed by atoms with Crippen LogP contribution >= 0.6 is 0 Å². The molecule has 1 saturated heterocycles. The number of carbonyl (C=O) groups is 2. The van der Waals surface area contributed by atoms with E-state index in [1.54, 1.807) is 4.90 Å². The molecule has 0 bridgehead atoms. The van der Waals surface area contributed by atoms with Crippen molar-refractivity contribution in [1.82, 2.24) is 4.90 Å². The number of hydrogen-bond acceptors (Lipinski definition) is 2. The summed E-state index contributed by atoms with van der Waals surface area (Å²) >= 11 is 0. The third-order valence-electron chi connectivity index (χ3n) is 1.45. The Bertz CT molecular complexity index is 174. The van der Waals surface area contributed by atoms with Gasteiger partial charge in [-0.15, -0.1) is 0 Å². The zero-order chi connectivity index (χ0) is 7.40. The predicted octanol–water partition coefficient (Wildman–Crippen LogP) is 0.321. The SMILES string of the molecule is O=C/C=C/N1CCCC1=O. The standard InChI is InChI=1S/C7H9NO2/c9-6-2-5-8-4-1-3-7(8)10/h2,5-6H,1,3-4H2/b5-2+. The molecule has 0 aromatic rings. The van der Waals surface area contributed by atoms with Gasteiger partial charge in [-0.3, -0.25) is 9.59 Å². The van der Waals surface area contributed by atoms with Crippen LogP contribution in [0.5, 0.6) is 0 Å². The monoisotopic (exact) mass is 139 g/mol. The molecule has 0 aliphatic carbocycles. The highest BCUT2D eigenvalue weighted by Gasteiger charge is 2.16. The molecule has 1 aliphatic heterocycles. The lowest BCUT2D eigenvalue weighted by atomic mass is 10.4. The fourth-order valence-corrected chi connectivity index (χ4v) is 0.966. The van der Waals surface area contributed by atoms with Crippen molar-refractivity contribution in [2.24, 2.45) is 0 Å². The van der Waals surface area contributed by atoms with Gasteiger partial charge in [0.2, 0.25) is 5.91 Å². The summed E-state index contributed by atoms with van der Waals surface area (Å²) in [5.74, 6) is 0.109. The molecule has 54 valence electrons. The molecule has 0 unspecified atom stereocenters. The molecule has 1 aliphatic rings. The van der Waals surface area contributed by atoms with Crippen molar-refractivity contribution < 1.29 is 9.59 Å². The predicted molar refractivity (Wildman–Crippen MR) is 36.2 cm³/mol. The van der Waals surface area contributed by atoms with Crippen molar-refractivity contribution >= 4 is 12.2 Å². The van der Waals surface area contributed by atoms with E-state index in [2.05, 4.69) is 0 Å². The molecular weight excluding hydrogens is 130 g/mol. The van der Waals surface area contributed by atoms with Crippen molar-refractivity contribution in [2.75, 3.05) is 6.54 Å². The zero-order valence-electron chi connectivity index (χ0n) is 5.62. The number of nitrogens with zero attached hydrogens (tertiary/aromatic N) is 1. The molecule has 0 spiro atoms. The van der Waals surface area contributed by atoms with Crippen LogP contribution in [0.4, 0.5) is 0 Å². The van der Waals surface area contributed by atoms with Gasteiger partial charge in [-0.2, -0.15) is 0 Å². The number of carbonyl (C=O) groups excluding carboxylic acids is 2. The molecule has 0 saturated carbocycles. The summed E-state index contributed by atoms with van der Waals surface area (Å²) in [5, 5.41) is 0. The number of aldehydes is 1. The minimum absolute atomic E-state index is 0.109. The van der Waals surface area contributed by atoms with Crippen LogP contribution in [0.2, 0.25) is 0 Å². The van der Waals surface area contributed by atoms with Crippen LogP contribution in [-0.4, -0.2) is 23.6 Å². The second-order valence-electron chi connectivity index (χ2n) is 2.17. The molecule has 0 aromatic carbocycles. The lowest BCUT2D eigenvalue weighted by Gasteiger charge is -2.06. The van der Waals surface area contributed by atoms with Crippen LogP contribution in [0.1, 0.15) is 12.8 Å². The molecule has 0 aromatic heterocycles. The summed E-state index contributed by atoms with van der Waals surface area (Å²) in [6.07, 6.45) is 5.06. The first kappa shape index (κ1) is 6.99. The Labute approximate surface area is 59.3 Å². The van der Waals surface area contributed by atoms with Gasteiger partial charge in [-0.1, -0.05) is 0 Å². The van der Waals surface area contributed by atoms with E-state index in [9.17, 15) is 9.59 Å². The maximum Gasteiger partial charge on any atom is 0.226 e. The number of amides is 1. The molecule has 0 radical (unpaired) electrons. The molecular formula is C7H9NO2. The van der Waals surface area contributed by atoms with Crippen LogP contribution in [0.25, 0.3) is 0 Å². The molecule has 3 nitrogen and oxygen atoms in total. The van der Waals surface area contributed by atoms with E-state index >= 15 is 0 Å². The van der Waals surface area contributed by atoms with Crippen LogP contribution in [-0.2, 0) is 9.59 Å². The third-order valence-corrected chi connectivity index (χ3v) is 1.45. The zero-order valence-corrected chi connectivity index (χ0v) is 5.62. The maximum absolute atomic E-state index is 10.8. The highest BCUT2D eigenvalue weighted by atomic mass is 16.2. The average molecular weight is 139 g/mol. The van der Waals surface area contributed by atoms with Crippen molar-refractivity contribution in [3.05, 3.63) is 12.3 Å². The highest BCUT2D eigenvalue weighted by molar-refractivity contribution is 5.80. The van der Waals surface area contributed by atoms with Crippen molar-refractivity contribution in [3.8, 4) is 0 Å². The summed E-state index contributed by atoms with van der Waals surface area (Å²) in [7, 11) is 0. The lowest BCUT2D eigenvalue weighted by Crippen LogP contribution is -2.17. The lowest BCUT2D eigenvalue weighted by molar-refractivity contribution is -0.125. The normalized spacial score (nSPS) is 18.8. The van der Waals surface area contributed by atoms with Crippen LogP contribution in [0, 0.1) is 0 Å². The Morgan fingerprint density at radius 1 is 1.50 bits per heavy atom. The van der Waals surface area contributed by atoms with E-state index in [0.29, 0.717) is 12.7 Å². The van der Waals surface area contributed by atoms with Crippen molar-refractivity contribution in [1.29, 1.82) is 0 Å². The van der Waals surface area contributed by atoms with Gasteiger partial charge < -0.3 is 4.90 Å². The number of allylic oxidation sites excluding steroid dienone is 1. The van der Waals surface area contributed by atoms with Crippen molar-refractivity contribution in [2.45, 2.75) is 12.8 Å². The van der Waals surface area contributed by atoms with Gasteiger partial charge in [0.25, 0.3) is 0 Å². The van der Waals surface area contributed by atoms with E-state index in [0.717, 1.165) is 13.0 Å². The summed E-state index contributed by atoms with van der Waals surface area (Å²) in [4.78, 5) is 22.2. The largest absolute Gasteiger partial charge is 0.319 e. The molecule has 1 fully saturated rings. The summed E-state index contributed by atoms with van der Waals surface area (Å²) in [6, 6.07) is 0. The number of hydrogen-bond donors (Lipinski definition) is 0. The number of likely N-dealkylation sites (tertiary alicyclic amines) is 1. The third kappa shape index (κ3) is 1.43. The molecule has 0 atom stereocenters. The quantitative estimate of drug-likeness (QED) is 0.408. The smallest absolute Gasteiger partial charge is 0.226 e. The Kier molecular flexibility index (Phi) is 2.20. The molecule has 1 heterocycles. The Morgan fingerprint density at radius 2 is 2.30 bits per heavy atom. The first-order valence-corrected chi connectivity index (χ1v) is 3.26. The van der Waals surface area contributed by atoms with E-state index in [1.165, 1.54) is 12.3 Å². The fourth-order valence-electron chi connectivity index (χ4n) is 0.966. The van der Waals surface area contributed by atoms with E-state index in [-0.39, 0.29) is 5.91 Å². The van der Waals surface area contributed by atoms with Gasteiger partial charge in [-0.25, -0.2) is 0 Å². The fraction of sp³-hybridized carbons (Fsp3) is 0.429. The molecule has 10 heavy (non-hydrogen) atoms. The van der Waals surface area contributed by atoms with Gasteiger partial charge in [0.05, 0.1) is 0 Å². The van der Waals surface area contributed by atoms with Gasteiger partial charge in [0.15, 0.2) is 0 Å². The Morgan fingerprint density at radius 3 is 2.80 bits per heavy atom. The van der Waals surface area contributed by atoms with E-state index in [4.69, 9.17) is 0 Å². The topological polar surface area (TPSA) is 37.4 Å². The molecule has 3 heteroatoms. The van der Waals surface area contributed by atoms with Gasteiger partial charge in [-0.05, 0) is 12.5 Å². The summed E-state index contributed by atoms with van der Waals surface area (Å²) in [5.41, 5.74) is 0. The van der Waals surface area contributed by atoms with Gasteiger partial charge in [0.1, 0.15) is 6.29 Å². The Hall–Kier alpha value is -1.12. The molecule has 1 amide bonds.